The maximum Gasteiger partial charge on any atom is 0.222 e. The average molecular weight is 350 g/mol. The molecule has 1 aromatic carbocycles. The molecule has 0 atom stereocenters. The lowest BCUT2D eigenvalue weighted by Crippen LogP contribution is -2.08. The molecule has 4 nitrogen and oxygen atoms in total. The molecule has 112 valence electrons. The number of halogens is 1. The Kier molecular flexibility index (Phi) is 5.17. The summed E-state index contributed by atoms with van der Waals surface area (Å²) in [4.78, 5) is 9.04. The molecule has 1 heterocycles. The van der Waals surface area contributed by atoms with Gasteiger partial charge >= 0.3 is 0 Å². The molecule has 0 amide bonds. The second-order valence-corrected chi connectivity index (χ2v) is 6.10. The first-order valence-electron chi connectivity index (χ1n) is 6.94. The average Bonchev–Trinajstić information content (AvgIpc) is 2.47. The monoisotopic (exact) mass is 349 g/mol. The summed E-state index contributed by atoms with van der Waals surface area (Å²) in [7, 11) is 1.86. The molecule has 5 heteroatoms. The molecule has 0 aliphatic rings. The third-order valence-electron chi connectivity index (χ3n) is 3.16. The van der Waals surface area contributed by atoms with Gasteiger partial charge in [-0.25, -0.2) is 4.98 Å². The van der Waals surface area contributed by atoms with E-state index in [0.717, 1.165) is 27.2 Å². The molecule has 0 fully saturated rings. The summed E-state index contributed by atoms with van der Waals surface area (Å²) in [5.74, 6) is 2.50. The first kappa shape index (κ1) is 15.8. The Balaban J connectivity index is 2.22. The van der Waals surface area contributed by atoms with Gasteiger partial charge < -0.3 is 10.1 Å². The van der Waals surface area contributed by atoms with Crippen molar-refractivity contribution in [2.45, 2.75) is 33.3 Å². The summed E-state index contributed by atoms with van der Waals surface area (Å²) in [6.07, 6.45) is 0. The van der Waals surface area contributed by atoms with Gasteiger partial charge in [-0.05, 0) is 24.6 Å². The standard InChI is InChI=1S/C16H20BrN3O/c1-10(2)14-19-15(18-4)11(3)16(20-14)21-9-12-5-7-13(17)8-6-12/h5-8,10H,9H2,1-4H3,(H,18,19,20). The van der Waals surface area contributed by atoms with Crippen molar-refractivity contribution < 1.29 is 4.74 Å². The lowest BCUT2D eigenvalue weighted by atomic mass is 10.2. The van der Waals surface area contributed by atoms with Crippen LogP contribution in [0.15, 0.2) is 28.7 Å². The number of anilines is 1. The summed E-state index contributed by atoms with van der Waals surface area (Å²) >= 11 is 3.43. The smallest absolute Gasteiger partial charge is 0.222 e. The minimum atomic E-state index is 0.257. The Hall–Kier alpha value is -1.62. The number of aromatic nitrogens is 2. The van der Waals surface area contributed by atoms with Crippen molar-refractivity contribution in [3.05, 3.63) is 45.7 Å². The maximum absolute atomic E-state index is 5.89. The molecule has 0 saturated carbocycles. The molecule has 2 aromatic rings. The normalized spacial score (nSPS) is 10.8. The highest BCUT2D eigenvalue weighted by Gasteiger charge is 2.13. The topological polar surface area (TPSA) is 47.0 Å². The molecule has 1 aromatic heterocycles. The fraction of sp³-hybridized carbons (Fsp3) is 0.375. The van der Waals surface area contributed by atoms with Crippen LogP contribution in [0.4, 0.5) is 5.82 Å². The fourth-order valence-electron chi connectivity index (χ4n) is 1.89. The zero-order chi connectivity index (χ0) is 15.4. The van der Waals surface area contributed by atoms with E-state index in [0.29, 0.717) is 12.5 Å². The summed E-state index contributed by atoms with van der Waals surface area (Å²) in [5, 5.41) is 3.10. The fourth-order valence-corrected chi connectivity index (χ4v) is 2.15. The van der Waals surface area contributed by atoms with E-state index >= 15 is 0 Å². The number of hydrogen-bond acceptors (Lipinski definition) is 4. The van der Waals surface area contributed by atoms with E-state index < -0.39 is 0 Å². The van der Waals surface area contributed by atoms with Crippen LogP contribution in [0.5, 0.6) is 5.88 Å². The molecule has 2 rings (SSSR count). The summed E-state index contributed by atoms with van der Waals surface area (Å²) < 4.78 is 6.95. The second-order valence-electron chi connectivity index (χ2n) is 5.18. The predicted octanol–water partition coefficient (Wildman–Crippen LogP) is 4.29. The highest BCUT2D eigenvalue weighted by atomic mass is 79.9. The molecule has 0 unspecified atom stereocenters. The van der Waals surface area contributed by atoms with Gasteiger partial charge in [-0.1, -0.05) is 41.9 Å². The Bertz CT molecular complexity index is 612. The van der Waals surface area contributed by atoms with Crippen molar-refractivity contribution in [3.63, 3.8) is 0 Å². The van der Waals surface area contributed by atoms with E-state index in [1.807, 2.05) is 38.2 Å². The highest BCUT2D eigenvalue weighted by Crippen LogP contribution is 2.25. The molecule has 0 aliphatic heterocycles. The van der Waals surface area contributed by atoms with Crippen LogP contribution >= 0.6 is 15.9 Å². The predicted molar refractivity (Wildman–Crippen MR) is 88.9 cm³/mol. The number of nitrogens with one attached hydrogen (secondary N) is 1. The van der Waals surface area contributed by atoms with Gasteiger partial charge in [0.25, 0.3) is 0 Å². The third kappa shape index (κ3) is 3.94. The van der Waals surface area contributed by atoms with Crippen LogP contribution < -0.4 is 10.1 Å². The van der Waals surface area contributed by atoms with Crippen LogP contribution in [0.3, 0.4) is 0 Å². The zero-order valence-corrected chi connectivity index (χ0v) is 14.4. The van der Waals surface area contributed by atoms with Crippen molar-refractivity contribution in [2.75, 3.05) is 12.4 Å². The van der Waals surface area contributed by atoms with Crippen molar-refractivity contribution in [1.82, 2.24) is 9.97 Å². The van der Waals surface area contributed by atoms with Gasteiger partial charge in [-0.3, -0.25) is 0 Å². The van der Waals surface area contributed by atoms with Crippen LogP contribution in [-0.2, 0) is 6.61 Å². The SMILES string of the molecule is CNc1nc(C(C)C)nc(OCc2ccc(Br)cc2)c1C. The molecule has 0 spiro atoms. The van der Waals surface area contributed by atoms with E-state index in [1.54, 1.807) is 0 Å². The number of nitrogens with zero attached hydrogens (tertiary/aromatic N) is 2. The Morgan fingerprint density at radius 3 is 2.43 bits per heavy atom. The van der Waals surface area contributed by atoms with Gasteiger partial charge in [0, 0.05) is 17.4 Å². The highest BCUT2D eigenvalue weighted by molar-refractivity contribution is 9.10. The number of hydrogen-bond donors (Lipinski definition) is 1. The third-order valence-corrected chi connectivity index (χ3v) is 3.69. The Labute approximate surface area is 134 Å². The van der Waals surface area contributed by atoms with Crippen molar-refractivity contribution in [1.29, 1.82) is 0 Å². The van der Waals surface area contributed by atoms with Crippen molar-refractivity contribution in [2.24, 2.45) is 0 Å². The molecule has 0 saturated heterocycles. The summed E-state index contributed by atoms with van der Waals surface area (Å²) in [6, 6.07) is 8.07. The molecule has 21 heavy (non-hydrogen) atoms. The van der Waals surface area contributed by atoms with Crippen LogP contribution in [-0.4, -0.2) is 17.0 Å². The molecule has 0 bridgehead atoms. The lowest BCUT2D eigenvalue weighted by molar-refractivity contribution is 0.289. The first-order valence-corrected chi connectivity index (χ1v) is 7.74. The van der Waals surface area contributed by atoms with Gasteiger partial charge in [0.2, 0.25) is 5.88 Å². The molecular formula is C16H20BrN3O. The van der Waals surface area contributed by atoms with Crippen LogP contribution in [0.25, 0.3) is 0 Å². The number of rotatable bonds is 5. The lowest BCUT2D eigenvalue weighted by Gasteiger charge is -2.14. The number of ether oxygens (including phenoxy) is 1. The van der Waals surface area contributed by atoms with E-state index in [4.69, 9.17) is 4.74 Å². The molecule has 0 radical (unpaired) electrons. The molecule has 0 aliphatic carbocycles. The quantitative estimate of drug-likeness (QED) is 0.874. The van der Waals surface area contributed by atoms with Gasteiger partial charge in [0.15, 0.2) is 0 Å². The van der Waals surface area contributed by atoms with Gasteiger partial charge in [0.1, 0.15) is 18.2 Å². The van der Waals surface area contributed by atoms with Crippen LogP contribution in [0.1, 0.15) is 36.7 Å². The molecule has 1 N–H and O–H groups in total. The van der Waals surface area contributed by atoms with Crippen LogP contribution in [0.2, 0.25) is 0 Å². The van der Waals surface area contributed by atoms with Crippen LogP contribution in [0, 0.1) is 6.92 Å². The van der Waals surface area contributed by atoms with Gasteiger partial charge in [-0.15, -0.1) is 0 Å². The Morgan fingerprint density at radius 1 is 1.19 bits per heavy atom. The summed E-state index contributed by atoms with van der Waals surface area (Å²) in [6.45, 7) is 6.60. The van der Waals surface area contributed by atoms with Crippen molar-refractivity contribution >= 4 is 21.7 Å². The minimum absolute atomic E-state index is 0.257. The second kappa shape index (κ2) is 6.89. The first-order chi connectivity index (χ1) is 10.0. The van der Waals surface area contributed by atoms with Crippen molar-refractivity contribution in [3.8, 4) is 5.88 Å². The van der Waals surface area contributed by atoms with E-state index in [9.17, 15) is 0 Å². The largest absolute Gasteiger partial charge is 0.472 e. The van der Waals surface area contributed by atoms with E-state index in [-0.39, 0.29) is 5.92 Å². The van der Waals surface area contributed by atoms with Gasteiger partial charge in [0.05, 0.1) is 5.56 Å². The number of benzene rings is 1. The minimum Gasteiger partial charge on any atom is -0.472 e. The summed E-state index contributed by atoms with van der Waals surface area (Å²) in [5.41, 5.74) is 2.03. The van der Waals surface area contributed by atoms with E-state index in [1.165, 1.54) is 0 Å². The zero-order valence-electron chi connectivity index (χ0n) is 12.8. The molecular weight excluding hydrogens is 330 g/mol. The Morgan fingerprint density at radius 2 is 1.86 bits per heavy atom. The van der Waals surface area contributed by atoms with Gasteiger partial charge in [-0.2, -0.15) is 4.98 Å². The maximum atomic E-state index is 5.89. The van der Waals surface area contributed by atoms with E-state index in [2.05, 4.69) is 45.1 Å².